The molecule has 1 amide bonds. The van der Waals surface area contributed by atoms with E-state index in [-0.39, 0.29) is 0 Å². The maximum Gasteiger partial charge on any atom is 0.326 e. The van der Waals surface area contributed by atoms with E-state index in [9.17, 15) is 14.7 Å². The van der Waals surface area contributed by atoms with Gasteiger partial charge in [0, 0.05) is 17.1 Å². The van der Waals surface area contributed by atoms with Crippen LogP contribution in [0.2, 0.25) is 0 Å². The molecule has 0 aliphatic heterocycles. The van der Waals surface area contributed by atoms with Crippen molar-refractivity contribution in [2.45, 2.75) is 26.8 Å². The molecule has 0 fully saturated rings. The van der Waals surface area contributed by atoms with E-state index in [4.69, 9.17) is 0 Å². The largest absolute Gasteiger partial charge is 0.480 e. The van der Waals surface area contributed by atoms with Crippen molar-refractivity contribution >= 4 is 22.8 Å². The number of nitrogens with zero attached hydrogens (tertiary/aromatic N) is 1. The monoisotopic (exact) mass is 286 g/mol. The van der Waals surface area contributed by atoms with Gasteiger partial charge in [0.2, 0.25) is 0 Å². The summed E-state index contributed by atoms with van der Waals surface area (Å²) in [5, 5.41) is 12.6. The van der Waals surface area contributed by atoms with Crippen molar-refractivity contribution in [1.29, 1.82) is 0 Å². The van der Waals surface area contributed by atoms with Crippen molar-refractivity contribution in [3.05, 3.63) is 42.1 Å². The Bertz CT molecular complexity index is 684. The first kappa shape index (κ1) is 15.0. The molecule has 2 N–H and O–H groups in total. The quantitative estimate of drug-likeness (QED) is 0.908. The number of rotatable bonds is 3. The molecule has 0 aliphatic carbocycles. The lowest BCUT2D eigenvalue weighted by molar-refractivity contribution is -0.142. The molecular weight excluding hydrogens is 268 g/mol. The van der Waals surface area contributed by atoms with E-state index in [1.165, 1.54) is 0 Å². The van der Waals surface area contributed by atoms with E-state index in [0.29, 0.717) is 16.5 Å². The maximum absolute atomic E-state index is 12.4. The van der Waals surface area contributed by atoms with Gasteiger partial charge in [0.15, 0.2) is 0 Å². The molecule has 1 atom stereocenters. The van der Waals surface area contributed by atoms with Crippen LogP contribution in [0.15, 0.2) is 36.5 Å². The van der Waals surface area contributed by atoms with E-state index in [2.05, 4.69) is 10.3 Å². The van der Waals surface area contributed by atoms with Gasteiger partial charge in [-0.1, -0.05) is 32.9 Å². The van der Waals surface area contributed by atoms with Crippen molar-refractivity contribution in [3.63, 3.8) is 0 Å². The SMILES string of the molecule is CC(C)(C)C(NC(=O)c1cccc2ncccc12)C(=O)O. The first-order valence-corrected chi connectivity index (χ1v) is 6.68. The van der Waals surface area contributed by atoms with Gasteiger partial charge >= 0.3 is 5.97 Å². The summed E-state index contributed by atoms with van der Waals surface area (Å²) in [6.07, 6.45) is 1.65. The second kappa shape index (κ2) is 5.52. The molecular formula is C16H18N2O3. The van der Waals surface area contributed by atoms with E-state index < -0.39 is 23.3 Å². The zero-order valence-corrected chi connectivity index (χ0v) is 12.3. The van der Waals surface area contributed by atoms with Gasteiger partial charge in [0.05, 0.1) is 5.52 Å². The van der Waals surface area contributed by atoms with Crippen LogP contribution >= 0.6 is 0 Å². The minimum atomic E-state index is -1.05. The smallest absolute Gasteiger partial charge is 0.326 e. The van der Waals surface area contributed by atoms with Crippen LogP contribution in [-0.2, 0) is 4.79 Å². The minimum absolute atomic E-state index is 0.407. The number of carboxylic acid groups (broad SMARTS) is 1. The number of amides is 1. The number of hydrogen-bond donors (Lipinski definition) is 2. The summed E-state index contributed by atoms with van der Waals surface area (Å²) in [6, 6.07) is 7.79. The Hall–Kier alpha value is -2.43. The third kappa shape index (κ3) is 3.18. The highest BCUT2D eigenvalue weighted by Crippen LogP contribution is 2.21. The van der Waals surface area contributed by atoms with Crippen LogP contribution in [0.25, 0.3) is 10.9 Å². The molecule has 1 aromatic heterocycles. The Kier molecular flexibility index (Phi) is 3.93. The molecule has 0 radical (unpaired) electrons. The molecule has 0 saturated heterocycles. The number of aromatic nitrogens is 1. The number of fused-ring (bicyclic) bond motifs is 1. The summed E-state index contributed by atoms with van der Waals surface area (Å²) in [5.41, 5.74) is 0.550. The Morgan fingerprint density at radius 3 is 2.52 bits per heavy atom. The van der Waals surface area contributed by atoms with Gasteiger partial charge in [-0.05, 0) is 23.6 Å². The Balaban J connectivity index is 2.37. The van der Waals surface area contributed by atoms with Gasteiger partial charge in [-0.3, -0.25) is 9.78 Å². The van der Waals surface area contributed by atoms with Crippen LogP contribution in [0.5, 0.6) is 0 Å². The van der Waals surface area contributed by atoms with E-state index in [0.717, 1.165) is 0 Å². The molecule has 5 heteroatoms. The standard InChI is InChI=1S/C16H18N2O3/c1-16(2,3)13(15(20)21)18-14(19)11-6-4-8-12-10(11)7-5-9-17-12/h4-9,13H,1-3H3,(H,18,19)(H,20,21). The second-order valence-electron chi connectivity index (χ2n) is 5.99. The molecule has 1 aromatic carbocycles. The lowest BCUT2D eigenvalue weighted by atomic mass is 9.86. The molecule has 21 heavy (non-hydrogen) atoms. The summed E-state index contributed by atoms with van der Waals surface area (Å²) in [5.74, 6) is -1.45. The summed E-state index contributed by atoms with van der Waals surface area (Å²) < 4.78 is 0. The molecule has 110 valence electrons. The van der Waals surface area contributed by atoms with Gasteiger partial charge in [-0.15, -0.1) is 0 Å². The number of aliphatic carboxylic acids is 1. The first-order chi connectivity index (χ1) is 9.80. The Morgan fingerprint density at radius 2 is 1.90 bits per heavy atom. The van der Waals surface area contributed by atoms with Crippen LogP contribution in [0.3, 0.4) is 0 Å². The van der Waals surface area contributed by atoms with Gasteiger partial charge in [-0.25, -0.2) is 4.79 Å². The van der Waals surface area contributed by atoms with E-state index in [1.807, 2.05) is 6.07 Å². The van der Waals surface area contributed by atoms with Gasteiger partial charge in [-0.2, -0.15) is 0 Å². The number of carboxylic acids is 1. The fourth-order valence-electron chi connectivity index (χ4n) is 2.16. The van der Waals surface area contributed by atoms with Gasteiger partial charge in [0.25, 0.3) is 5.91 Å². The van der Waals surface area contributed by atoms with Gasteiger partial charge in [0.1, 0.15) is 6.04 Å². The zero-order chi connectivity index (χ0) is 15.6. The van der Waals surface area contributed by atoms with E-state index in [1.54, 1.807) is 51.2 Å². The molecule has 0 bridgehead atoms. The molecule has 2 aromatic rings. The highest BCUT2D eigenvalue weighted by Gasteiger charge is 2.33. The number of pyridine rings is 1. The number of carbonyl (C=O) groups is 2. The van der Waals surface area contributed by atoms with Crippen LogP contribution in [-0.4, -0.2) is 28.0 Å². The van der Waals surface area contributed by atoms with E-state index >= 15 is 0 Å². The predicted octanol–water partition coefficient (Wildman–Crippen LogP) is 2.46. The summed E-state index contributed by atoms with van der Waals surface area (Å²) in [6.45, 7) is 5.32. The van der Waals surface area contributed by atoms with Gasteiger partial charge < -0.3 is 10.4 Å². The third-order valence-electron chi connectivity index (χ3n) is 3.28. The third-order valence-corrected chi connectivity index (χ3v) is 3.28. The van der Waals surface area contributed by atoms with Crippen molar-refractivity contribution in [2.24, 2.45) is 5.41 Å². The van der Waals surface area contributed by atoms with Crippen molar-refractivity contribution in [1.82, 2.24) is 10.3 Å². The molecule has 1 heterocycles. The predicted molar refractivity (Wildman–Crippen MR) is 80.1 cm³/mol. The van der Waals surface area contributed by atoms with Crippen molar-refractivity contribution in [3.8, 4) is 0 Å². The van der Waals surface area contributed by atoms with Crippen molar-refractivity contribution < 1.29 is 14.7 Å². The number of nitrogens with one attached hydrogen (secondary N) is 1. The maximum atomic E-state index is 12.4. The van der Waals surface area contributed by atoms with Crippen LogP contribution < -0.4 is 5.32 Å². The average Bonchev–Trinajstić information content (AvgIpc) is 2.42. The fraction of sp³-hybridized carbons (Fsp3) is 0.312. The van der Waals surface area contributed by atoms with Crippen LogP contribution in [0.1, 0.15) is 31.1 Å². The normalized spacial score (nSPS) is 12.9. The first-order valence-electron chi connectivity index (χ1n) is 6.68. The van der Waals surface area contributed by atoms with Crippen LogP contribution in [0.4, 0.5) is 0 Å². The molecule has 2 rings (SSSR count). The fourth-order valence-corrected chi connectivity index (χ4v) is 2.16. The highest BCUT2D eigenvalue weighted by molar-refractivity contribution is 6.07. The lowest BCUT2D eigenvalue weighted by Crippen LogP contribution is -2.49. The zero-order valence-electron chi connectivity index (χ0n) is 12.3. The molecule has 0 saturated carbocycles. The molecule has 5 nitrogen and oxygen atoms in total. The van der Waals surface area contributed by atoms with Crippen molar-refractivity contribution in [2.75, 3.05) is 0 Å². The highest BCUT2D eigenvalue weighted by atomic mass is 16.4. The minimum Gasteiger partial charge on any atom is -0.480 e. The number of carbonyl (C=O) groups excluding carboxylic acids is 1. The topological polar surface area (TPSA) is 79.3 Å². The molecule has 0 aliphatic rings. The summed E-state index contributed by atoms with van der Waals surface area (Å²) in [4.78, 5) is 28.0. The molecule has 1 unspecified atom stereocenters. The molecule has 0 spiro atoms. The van der Waals surface area contributed by atoms with Crippen LogP contribution in [0, 0.1) is 5.41 Å². The number of benzene rings is 1. The lowest BCUT2D eigenvalue weighted by Gasteiger charge is -2.27. The Morgan fingerprint density at radius 1 is 1.19 bits per heavy atom. The summed E-state index contributed by atoms with van der Waals surface area (Å²) >= 11 is 0. The average molecular weight is 286 g/mol. The Labute approximate surface area is 123 Å². The summed E-state index contributed by atoms with van der Waals surface area (Å²) in [7, 11) is 0. The number of hydrogen-bond acceptors (Lipinski definition) is 3. The second-order valence-corrected chi connectivity index (χ2v) is 5.99.